The number of nitriles is 1. The van der Waals surface area contributed by atoms with E-state index >= 15 is 0 Å². The monoisotopic (exact) mass is 360 g/mol. The molecular weight excluding hydrogens is 349 g/mol. The van der Waals surface area contributed by atoms with Gasteiger partial charge in [-0.3, -0.25) is 0 Å². The lowest BCUT2D eigenvalue weighted by atomic mass is 10.2. The Morgan fingerprint density at radius 1 is 1.35 bits per heavy atom. The van der Waals surface area contributed by atoms with Gasteiger partial charge in [-0.2, -0.15) is 5.26 Å². The fourth-order valence-corrected chi connectivity index (χ4v) is 2.69. The second-order valence-corrected chi connectivity index (χ2v) is 6.72. The number of aliphatic hydroxyl groups excluding tert-OH is 1. The number of allylic oxidation sites excluding steroid dienone is 1. The van der Waals surface area contributed by atoms with Crippen LogP contribution in [-0.2, 0) is 11.2 Å². The van der Waals surface area contributed by atoms with Crippen molar-refractivity contribution in [3.63, 3.8) is 0 Å². The van der Waals surface area contributed by atoms with Gasteiger partial charge in [-0.25, -0.2) is 0 Å². The zero-order chi connectivity index (χ0) is 17.2. The van der Waals surface area contributed by atoms with E-state index in [0.717, 1.165) is 25.0 Å². The Balaban J connectivity index is 2.11. The van der Waals surface area contributed by atoms with Crippen LogP contribution in [0.2, 0.25) is 0 Å². The smallest absolute Gasteiger partial charge is 0.578 e. The van der Waals surface area contributed by atoms with Crippen molar-refractivity contribution in [2.75, 3.05) is 5.32 Å². The molecule has 0 saturated heterocycles. The zero-order valence-corrected chi connectivity index (χ0v) is 13.2. The lowest BCUT2D eigenvalue weighted by Gasteiger charge is -2.13. The molecule has 4 nitrogen and oxygen atoms in total. The van der Waals surface area contributed by atoms with Crippen molar-refractivity contribution in [3.05, 3.63) is 35.6 Å². The molecule has 9 heteroatoms. The third-order valence-corrected chi connectivity index (χ3v) is 4.52. The molecule has 0 amide bonds. The number of nitrogens with zero attached hydrogens (tertiary/aromatic N) is 1. The molecule has 1 atom stereocenters. The molecule has 0 spiro atoms. The third kappa shape index (κ3) is 4.37. The van der Waals surface area contributed by atoms with Crippen molar-refractivity contribution in [2.24, 2.45) is 5.92 Å². The van der Waals surface area contributed by atoms with E-state index in [4.69, 9.17) is 17.5 Å². The Morgan fingerprint density at radius 3 is 2.35 bits per heavy atom. The van der Waals surface area contributed by atoms with Gasteiger partial charge in [-0.1, -0.05) is 12.2 Å². The van der Waals surface area contributed by atoms with Gasteiger partial charge in [-0.05, 0) is 37.1 Å². The molecule has 1 aliphatic carbocycles. The van der Waals surface area contributed by atoms with Gasteiger partial charge in [0.1, 0.15) is 22.4 Å². The van der Waals surface area contributed by atoms with Gasteiger partial charge in [0, 0.05) is 11.6 Å². The SMILES string of the molecule is N#C/C(C(=S)Nc1ccc([S+]([O-])C(F)(F)F)cc1)=C(\O)C1CC1. The van der Waals surface area contributed by atoms with Crippen LogP contribution in [0.25, 0.3) is 0 Å². The van der Waals surface area contributed by atoms with Crippen LogP contribution < -0.4 is 5.32 Å². The summed E-state index contributed by atoms with van der Waals surface area (Å²) in [6.45, 7) is 0. The molecule has 1 aromatic carbocycles. The maximum atomic E-state index is 12.4. The van der Waals surface area contributed by atoms with Crippen molar-refractivity contribution in [1.82, 2.24) is 0 Å². The van der Waals surface area contributed by atoms with Gasteiger partial charge in [0.15, 0.2) is 4.90 Å². The average Bonchev–Trinajstić information content (AvgIpc) is 3.31. The van der Waals surface area contributed by atoms with E-state index < -0.39 is 16.7 Å². The van der Waals surface area contributed by atoms with Crippen LogP contribution in [0.5, 0.6) is 0 Å². The van der Waals surface area contributed by atoms with E-state index in [9.17, 15) is 22.8 Å². The van der Waals surface area contributed by atoms with Crippen molar-refractivity contribution < 1.29 is 22.8 Å². The van der Waals surface area contributed by atoms with Crippen molar-refractivity contribution in [2.45, 2.75) is 23.2 Å². The highest BCUT2D eigenvalue weighted by Gasteiger charge is 2.45. The molecule has 1 aromatic rings. The van der Waals surface area contributed by atoms with Crippen LogP contribution in [0.3, 0.4) is 0 Å². The molecule has 0 aromatic heterocycles. The number of alkyl halides is 3. The average molecular weight is 360 g/mol. The van der Waals surface area contributed by atoms with Crippen molar-refractivity contribution in [3.8, 4) is 6.07 Å². The fourth-order valence-electron chi connectivity index (χ4n) is 1.77. The predicted molar refractivity (Wildman–Crippen MR) is 83.1 cm³/mol. The summed E-state index contributed by atoms with van der Waals surface area (Å²) in [5.41, 5.74) is -4.54. The van der Waals surface area contributed by atoms with E-state index in [-0.39, 0.29) is 27.1 Å². The minimum absolute atomic E-state index is 0.0124. The Labute approximate surface area is 138 Å². The number of halogens is 3. The molecule has 1 aliphatic rings. The Morgan fingerprint density at radius 2 is 1.91 bits per heavy atom. The van der Waals surface area contributed by atoms with E-state index in [0.29, 0.717) is 5.69 Å². The van der Waals surface area contributed by atoms with Gasteiger partial charge >= 0.3 is 5.51 Å². The van der Waals surface area contributed by atoms with E-state index in [1.165, 1.54) is 12.1 Å². The number of aliphatic hydroxyl groups is 1. The minimum Gasteiger partial charge on any atom is -0.604 e. The number of rotatable bonds is 4. The summed E-state index contributed by atoms with van der Waals surface area (Å²) in [6.07, 6.45) is 1.58. The molecular formula is C14H11F3N2O2S2. The van der Waals surface area contributed by atoms with Gasteiger partial charge in [-0.15, -0.1) is 13.2 Å². The maximum Gasteiger partial charge on any atom is 0.578 e. The molecule has 122 valence electrons. The van der Waals surface area contributed by atoms with Crippen molar-refractivity contribution >= 4 is 34.1 Å². The van der Waals surface area contributed by atoms with Crippen LogP contribution in [0.4, 0.5) is 18.9 Å². The Bertz CT molecular complexity index is 677. The largest absolute Gasteiger partial charge is 0.604 e. The molecule has 0 aliphatic heterocycles. The summed E-state index contributed by atoms with van der Waals surface area (Å²) in [5.74, 6) is -0.124. The summed E-state index contributed by atoms with van der Waals surface area (Å²) >= 11 is 1.93. The Hall–Kier alpha value is -1.76. The van der Waals surface area contributed by atoms with E-state index in [1.54, 1.807) is 0 Å². The molecule has 0 bridgehead atoms. The summed E-state index contributed by atoms with van der Waals surface area (Å²) in [4.78, 5) is -0.396. The molecule has 2 rings (SSSR count). The summed E-state index contributed by atoms with van der Waals surface area (Å²) in [6, 6.07) is 6.49. The van der Waals surface area contributed by atoms with Gasteiger partial charge < -0.3 is 15.0 Å². The highest BCUT2D eigenvalue weighted by Crippen LogP contribution is 2.36. The van der Waals surface area contributed by atoms with Gasteiger partial charge in [0.2, 0.25) is 0 Å². The van der Waals surface area contributed by atoms with Gasteiger partial charge in [0.25, 0.3) is 0 Å². The fraction of sp³-hybridized carbons (Fsp3) is 0.286. The predicted octanol–water partition coefficient (Wildman–Crippen LogP) is 3.80. The number of hydrogen-bond donors (Lipinski definition) is 2. The number of anilines is 1. The van der Waals surface area contributed by atoms with Crippen molar-refractivity contribution in [1.29, 1.82) is 5.26 Å². The zero-order valence-electron chi connectivity index (χ0n) is 11.6. The highest BCUT2D eigenvalue weighted by molar-refractivity contribution is 7.92. The maximum absolute atomic E-state index is 12.4. The van der Waals surface area contributed by atoms with Crippen LogP contribution in [0.15, 0.2) is 40.5 Å². The molecule has 1 saturated carbocycles. The first kappa shape index (κ1) is 17.6. The van der Waals surface area contributed by atoms with Crippen LogP contribution >= 0.6 is 12.2 Å². The number of hydrogen-bond acceptors (Lipinski definition) is 4. The summed E-state index contributed by atoms with van der Waals surface area (Å²) in [5, 5.41) is 21.6. The first-order chi connectivity index (χ1) is 10.7. The molecule has 1 unspecified atom stereocenters. The molecule has 23 heavy (non-hydrogen) atoms. The quantitative estimate of drug-likeness (QED) is 0.281. The highest BCUT2D eigenvalue weighted by atomic mass is 32.2. The van der Waals surface area contributed by atoms with E-state index in [1.807, 2.05) is 6.07 Å². The molecule has 0 radical (unpaired) electrons. The minimum atomic E-state index is -4.82. The molecule has 1 fully saturated rings. The lowest BCUT2D eigenvalue weighted by molar-refractivity contribution is -0.0435. The number of benzene rings is 1. The number of thiocarbonyl (C=S) groups is 1. The second-order valence-electron chi connectivity index (χ2n) is 4.84. The summed E-state index contributed by atoms with van der Waals surface area (Å²) in [7, 11) is 0. The molecule has 0 heterocycles. The topological polar surface area (TPSA) is 79.1 Å². The normalized spacial score (nSPS) is 17.0. The van der Waals surface area contributed by atoms with E-state index in [2.05, 4.69) is 5.32 Å². The third-order valence-electron chi connectivity index (χ3n) is 3.10. The number of nitrogens with one attached hydrogen (secondary N) is 1. The first-order valence-electron chi connectivity index (χ1n) is 6.47. The van der Waals surface area contributed by atoms with Crippen LogP contribution in [-0.4, -0.2) is 20.2 Å². The standard InChI is InChI=1S/C14H11F3N2O2S2/c15-14(16,17)23(21)10-5-3-9(4-6-10)19-13(22)11(7-18)12(20)8-1-2-8/h3-6,8,20H,1-2H2,(H,19,22)/b12-11+. The second kappa shape index (κ2) is 6.78. The molecule has 2 N–H and O–H groups in total. The summed E-state index contributed by atoms with van der Waals surface area (Å²) < 4.78 is 48.3. The van der Waals surface area contributed by atoms with Gasteiger partial charge in [0.05, 0.1) is 11.2 Å². The van der Waals surface area contributed by atoms with Crippen LogP contribution in [0.1, 0.15) is 12.8 Å². The first-order valence-corrected chi connectivity index (χ1v) is 8.03. The Kier molecular flexibility index (Phi) is 5.19. The lowest BCUT2D eigenvalue weighted by Crippen LogP contribution is -2.23. The van der Waals surface area contributed by atoms with Crippen LogP contribution in [0, 0.1) is 17.2 Å².